The summed E-state index contributed by atoms with van der Waals surface area (Å²) in [5, 5.41) is 9.07. The molecule has 0 aliphatic heterocycles. The lowest BCUT2D eigenvalue weighted by Gasteiger charge is -2.18. The van der Waals surface area contributed by atoms with Crippen LogP contribution in [-0.4, -0.2) is 17.7 Å². The van der Waals surface area contributed by atoms with Gasteiger partial charge in [-0.3, -0.25) is 0 Å². The summed E-state index contributed by atoms with van der Waals surface area (Å²) in [5.41, 5.74) is -0.307. The highest BCUT2D eigenvalue weighted by Gasteiger charge is 2.33. The Labute approximate surface area is 133 Å². The average molecular weight is 404 g/mol. The Hall–Kier alpha value is -1.70. The van der Waals surface area contributed by atoms with Gasteiger partial charge in [-0.15, -0.1) is 0 Å². The zero-order chi connectivity index (χ0) is 15.5. The highest BCUT2D eigenvalue weighted by atomic mass is 127. The van der Waals surface area contributed by atoms with Gasteiger partial charge in [-0.05, 0) is 40.8 Å². The zero-order valence-corrected chi connectivity index (χ0v) is 12.9. The van der Waals surface area contributed by atoms with E-state index >= 15 is 0 Å². The molecule has 0 amide bonds. The van der Waals surface area contributed by atoms with Crippen molar-refractivity contribution in [3.05, 3.63) is 63.2 Å². The smallest absolute Gasteiger partial charge is 0.339 e. The Morgan fingerprint density at radius 3 is 2.48 bits per heavy atom. The SMILES string of the molecule is O=C(O)c1cc(I)ccc1OCC(F)(F)c1ccccc1. The molecule has 0 unspecified atom stereocenters. The molecule has 0 aromatic heterocycles. The van der Waals surface area contributed by atoms with E-state index in [1.807, 2.05) is 22.6 Å². The number of hydrogen-bond acceptors (Lipinski definition) is 2. The number of aromatic carboxylic acids is 1. The largest absolute Gasteiger partial charge is 0.486 e. The predicted octanol–water partition coefficient (Wildman–Crippen LogP) is 4.16. The zero-order valence-electron chi connectivity index (χ0n) is 10.7. The van der Waals surface area contributed by atoms with Crippen LogP contribution in [0.4, 0.5) is 8.78 Å². The number of halogens is 3. The molecule has 0 saturated carbocycles. The summed E-state index contributed by atoms with van der Waals surface area (Å²) in [6.07, 6.45) is 0. The molecule has 1 N–H and O–H groups in total. The summed E-state index contributed by atoms with van der Waals surface area (Å²) in [6, 6.07) is 11.6. The van der Waals surface area contributed by atoms with Crippen LogP contribution in [0.1, 0.15) is 15.9 Å². The van der Waals surface area contributed by atoms with E-state index in [4.69, 9.17) is 9.84 Å². The fourth-order valence-electron chi connectivity index (χ4n) is 1.73. The lowest BCUT2D eigenvalue weighted by atomic mass is 10.1. The second-order valence-corrected chi connectivity index (χ2v) is 5.55. The molecule has 0 bridgehead atoms. The molecular formula is C15H11F2IO3. The minimum absolute atomic E-state index is 0.0708. The molecule has 110 valence electrons. The van der Waals surface area contributed by atoms with Crippen LogP contribution in [0.3, 0.4) is 0 Å². The first-order chi connectivity index (χ1) is 9.90. The molecular weight excluding hydrogens is 393 g/mol. The van der Waals surface area contributed by atoms with E-state index in [9.17, 15) is 13.6 Å². The third-order valence-electron chi connectivity index (χ3n) is 2.78. The number of benzene rings is 2. The van der Waals surface area contributed by atoms with Crippen molar-refractivity contribution < 1.29 is 23.4 Å². The van der Waals surface area contributed by atoms with Gasteiger partial charge in [0.05, 0.1) is 0 Å². The Morgan fingerprint density at radius 2 is 1.86 bits per heavy atom. The number of rotatable bonds is 5. The summed E-state index contributed by atoms with van der Waals surface area (Å²) in [7, 11) is 0. The highest BCUT2D eigenvalue weighted by Crippen LogP contribution is 2.30. The highest BCUT2D eigenvalue weighted by molar-refractivity contribution is 14.1. The molecule has 0 atom stereocenters. The third-order valence-corrected chi connectivity index (χ3v) is 3.45. The Balaban J connectivity index is 2.18. The van der Waals surface area contributed by atoms with Crippen molar-refractivity contribution in [2.24, 2.45) is 0 Å². The van der Waals surface area contributed by atoms with Crippen LogP contribution in [-0.2, 0) is 5.92 Å². The quantitative estimate of drug-likeness (QED) is 0.762. The number of ether oxygens (including phenoxy) is 1. The normalized spacial score (nSPS) is 11.2. The summed E-state index contributed by atoms with van der Waals surface area (Å²) in [5.74, 6) is -4.48. The van der Waals surface area contributed by atoms with Gasteiger partial charge in [0.1, 0.15) is 11.3 Å². The van der Waals surface area contributed by atoms with Gasteiger partial charge in [0, 0.05) is 9.13 Å². The van der Waals surface area contributed by atoms with Crippen LogP contribution in [0, 0.1) is 3.57 Å². The molecule has 0 aliphatic carbocycles. The van der Waals surface area contributed by atoms with Gasteiger partial charge in [0.15, 0.2) is 6.61 Å². The number of carbonyl (C=O) groups is 1. The topological polar surface area (TPSA) is 46.5 Å². The molecule has 0 spiro atoms. The molecule has 0 aliphatic rings. The molecule has 6 heteroatoms. The molecule has 2 rings (SSSR count). The van der Waals surface area contributed by atoms with E-state index < -0.39 is 18.5 Å². The summed E-state index contributed by atoms with van der Waals surface area (Å²) in [4.78, 5) is 11.1. The summed E-state index contributed by atoms with van der Waals surface area (Å²) < 4.78 is 33.7. The summed E-state index contributed by atoms with van der Waals surface area (Å²) >= 11 is 1.94. The minimum atomic E-state index is -3.19. The van der Waals surface area contributed by atoms with Crippen molar-refractivity contribution in [1.82, 2.24) is 0 Å². The monoisotopic (exact) mass is 404 g/mol. The van der Waals surface area contributed by atoms with E-state index in [1.165, 1.54) is 36.4 Å². The van der Waals surface area contributed by atoms with Gasteiger partial charge in [0.2, 0.25) is 0 Å². The van der Waals surface area contributed by atoms with Crippen LogP contribution in [0.2, 0.25) is 0 Å². The lowest BCUT2D eigenvalue weighted by Crippen LogP contribution is -2.23. The maximum Gasteiger partial charge on any atom is 0.339 e. The van der Waals surface area contributed by atoms with E-state index in [0.717, 1.165) is 0 Å². The Kier molecular flexibility index (Phi) is 4.76. The van der Waals surface area contributed by atoms with E-state index in [1.54, 1.807) is 12.1 Å². The van der Waals surface area contributed by atoms with Crippen molar-refractivity contribution in [3.63, 3.8) is 0 Å². The van der Waals surface area contributed by atoms with E-state index in [-0.39, 0.29) is 16.9 Å². The molecule has 0 saturated heterocycles. The van der Waals surface area contributed by atoms with Crippen molar-refractivity contribution in [2.75, 3.05) is 6.61 Å². The van der Waals surface area contributed by atoms with Gasteiger partial charge < -0.3 is 9.84 Å². The minimum Gasteiger partial charge on any atom is -0.486 e. The van der Waals surface area contributed by atoms with Crippen LogP contribution in [0.5, 0.6) is 5.75 Å². The van der Waals surface area contributed by atoms with E-state index in [2.05, 4.69) is 0 Å². The molecule has 0 fully saturated rings. The molecule has 0 radical (unpaired) electrons. The first-order valence-electron chi connectivity index (χ1n) is 5.99. The van der Waals surface area contributed by atoms with Gasteiger partial charge in [0.25, 0.3) is 0 Å². The van der Waals surface area contributed by atoms with Crippen LogP contribution >= 0.6 is 22.6 Å². The standard InChI is InChI=1S/C15H11F2IO3/c16-15(17,10-4-2-1-3-5-10)9-21-13-7-6-11(18)8-12(13)14(19)20/h1-8H,9H2,(H,19,20). The fourth-order valence-corrected chi connectivity index (χ4v) is 2.22. The maximum atomic E-state index is 14.0. The second kappa shape index (κ2) is 6.38. The first kappa shape index (κ1) is 15.7. The Morgan fingerprint density at radius 1 is 1.19 bits per heavy atom. The number of hydrogen-bond donors (Lipinski definition) is 1. The molecule has 2 aromatic carbocycles. The fraction of sp³-hybridized carbons (Fsp3) is 0.133. The van der Waals surface area contributed by atoms with Gasteiger partial charge in [-0.25, -0.2) is 4.79 Å². The predicted molar refractivity (Wildman–Crippen MR) is 81.9 cm³/mol. The van der Waals surface area contributed by atoms with Gasteiger partial charge in [-0.1, -0.05) is 30.3 Å². The van der Waals surface area contributed by atoms with Gasteiger partial charge in [-0.2, -0.15) is 8.78 Å². The number of alkyl halides is 2. The molecule has 21 heavy (non-hydrogen) atoms. The second-order valence-electron chi connectivity index (χ2n) is 4.30. The van der Waals surface area contributed by atoms with Crippen LogP contribution in [0.15, 0.2) is 48.5 Å². The Bertz CT molecular complexity index is 645. The molecule has 3 nitrogen and oxygen atoms in total. The number of carboxylic acids is 1. The molecule has 2 aromatic rings. The maximum absolute atomic E-state index is 14.0. The van der Waals surface area contributed by atoms with Crippen molar-refractivity contribution >= 4 is 28.6 Å². The van der Waals surface area contributed by atoms with Crippen LogP contribution in [0.25, 0.3) is 0 Å². The third kappa shape index (κ3) is 3.90. The van der Waals surface area contributed by atoms with E-state index in [0.29, 0.717) is 3.57 Å². The van der Waals surface area contributed by atoms with Gasteiger partial charge >= 0.3 is 11.9 Å². The number of carboxylic acid groups (broad SMARTS) is 1. The first-order valence-corrected chi connectivity index (χ1v) is 7.07. The van der Waals surface area contributed by atoms with Crippen LogP contribution < -0.4 is 4.74 Å². The summed E-state index contributed by atoms with van der Waals surface area (Å²) in [6.45, 7) is -0.919. The van der Waals surface area contributed by atoms with Crippen molar-refractivity contribution in [1.29, 1.82) is 0 Å². The average Bonchev–Trinajstić information content (AvgIpc) is 2.47. The van der Waals surface area contributed by atoms with Crippen molar-refractivity contribution in [2.45, 2.75) is 5.92 Å². The molecule has 0 heterocycles. The van der Waals surface area contributed by atoms with Crippen molar-refractivity contribution in [3.8, 4) is 5.75 Å². The lowest BCUT2D eigenvalue weighted by molar-refractivity contribution is -0.0469.